The molecule has 1 aromatic heterocycles. The lowest BCUT2D eigenvalue weighted by molar-refractivity contribution is -0.384. The normalized spacial score (nSPS) is 10.6. The molecule has 4 aromatic rings. The summed E-state index contributed by atoms with van der Waals surface area (Å²) in [5.41, 5.74) is 3.22. The third-order valence-electron chi connectivity index (χ3n) is 4.99. The molecule has 0 bridgehead atoms. The topological polar surface area (TPSA) is 99.3 Å². The van der Waals surface area contributed by atoms with E-state index in [1.54, 1.807) is 4.68 Å². The van der Waals surface area contributed by atoms with Gasteiger partial charge in [0.15, 0.2) is 0 Å². The van der Waals surface area contributed by atoms with Crippen molar-refractivity contribution in [3.8, 4) is 22.7 Å². The van der Waals surface area contributed by atoms with Gasteiger partial charge in [0.05, 0.1) is 40.7 Å². The molecule has 0 fully saturated rings. The van der Waals surface area contributed by atoms with Crippen molar-refractivity contribution in [2.75, 3.05) is 12.4 Å². The third-order valence-corrected chi connectivity index (χ3v) is 4.99. The van der Waals surface area contributed by atoms with Crippen molar-refractivity contribution in [3.05, 3.63) is 100 Å². The van der Waals surface area contributed by atoms with Crippen molar-refractivity contribution in [2.24, 2.45) is 0 Å². The second-order valence-electron chi connectivity index (χ2n) is 7.05. The van der Waals surface area contributed by atoms with Crippen molar-refractivity contribution >= 4 is 17.3 Å². The number of methoxy groups -OCH3 is 1. The van der Waals surface area contributed by atoms with Crippen LogP contribution in [0.15, 0.2) is 78.9 Å². The zero-order chi connectivity index (χ0) is 22.7. The van der Waals surface area contributed by atoms with Crippen LogP contribution in [-0.2, 0) is 0 Å². The van der Waals surface area contributed by atoms with Crippen molar-refractivity contribution in [1.82, 2.24) is 9.78 Å². The summed E-state index contributed by atoms with van der Waals surface area (Å²) in [5, 5.41) is 18.7. The Morgan fingerprint density at radius 1 is 1.03 bits per heavy atom. The zero-order valence-electron chi connectivity index (χ0n) is 17.5. The highest BCUT2D eigenvalue weighted by molar-refractivity contribution is 6.09. The minimum atomic E-state index is -0.535. The molecule has 0 atom stereocenters. The molecule has 160 valence electrons. The van der Waals surface area contributed by atoms with Gasteiger partial charge >= 0.3 is 0 Å². The van der Waals surface area contributed by atoms with Gasteiger partial charge in [-0.3, -0.25) is 14.9 Å². The molecule has 8 heteroatoms. The molecule has 0 saturated carbocycles. The largest absolute Gasteiger partial charge is 0.496 e. The molecule has 0 aliphatic heterocycles. The molecule has 1 amide bonds. The van der Waals surface area contributed by atoms with E-state index in [9.17, 15) is 14.9 Å². The summed E-state index contributed by atoms with van der Waals surface area (Å²) in [6.45, 7) is 1.81. The number of para-hydroxylation sites is 1. The summed E-state index contributed by atoms with van der Waals surface area (Å²) in [6, 6.07) is 23.0. The average molecular weight is 428 g/mol. The number of non-ortho nitro benzene ring substituents is 1. The standard InChI is InChI=1S/C24H20N4O4/c1-16-22(24(29)25-18-13-20(28(30)31)15-21(14-18)32-2)23(17-9-5-3-6-10-17)26-27(16)19-11-7-4-8-12-19/h3-15H,1-2H3,(H,25,29). The maximum atomic E-state index is 13.4. The lowest BCUT2D eigenvalue weighted by Gasteiger charge is -2.09. The van der Waals surface area contributed by atoms with E-state index in [-0.39, 0.29) is 17.1 Å². The Kier molecular flexibility index (Phi) is 5.67. The predicted molar refractivity (Wildman–Crippen MR) is 121 cm³/mol. The number of hydrogen-bond acceptors (Lipinski definition) is 5. The molecule has 0 spiro atoms. The molecular weight excluding hydrogens is 408 g/mol. The van der Waals surface area contributed by atoms with Crippen LogP contribution in [0, 0.1) is 17.0 Å². The van der Waals surface area contributed by atoms with Crippen LogP contribution in [0.1, 0.15) is 16.1 Å². The molecule has 32 heavy (non-hydrogen) atoms. The van der Waals surface area contributed by atoms with Gasteiger partial charge in [-0.05, 0) is 19.1 Å². The number of anilines is 1. The minimum Gasteiger partial charge on any atom is -0.496 e. The number of nitro groups is 1. The van der Waals surface area contributed by atoms with E-state index in [2.05, 4.69) is 5.32 Å². The molecule has 0 aliphatic rings. The van der Waals surface area contributed by atoms with E-state index < -0.39 is 10.8 Å². The number of benzene rings is 3. The van der Waals surface area contributed by atoms with Crippen LogP contribution < -0.4 is 10.1 Å². The maximum absolute atomic E-state index is 13.4. The molecule has 1 N–H and O–H groups in total. The highest BCUT2D eigenvalue weighted by Crippen LogP contribution is 2.30. The van der Waals surface area contributed by atoms with E-state index in [0.717, 1.165) is 11.3 Å². The molecule has 0 unspecified atom stereocenters. The van der Waals surface area contributed by atoms with Crippen LogP contribution >= 0.6 is 0 Å². The number of aromatic nitrogens is 2. The Hall–Kier alpha value is -4.46. The van der Waals surface area contributed by atoms with Crippen molar-refractivity contribution in [3.63, 3.8) is 0 Å². The van der Waals surface area contributed by atoms with E-state index in [1.807, 2.05) is 67.6 Å². The predicted octanol–water partition coefficient (Wildman–Crippen LogP) is 5.02. The molecule has 1 heterocycles. The van der Waals surface area contributed by atoms with Gasteiger partial charge in [-0.2, -0.15) is 5.10 Å². The minimum absolute atomic E-state index is 0.181. The first-order valence-corrected chi connectivity index (χ1v) is 9.83. The Balaban J connectivity index is 1.80. The first-order valence-electron chi connectivity index (χ1n) is 9.83. The Morgan fingerprint density at radius 2 is 1.69 bits per heavy atom. The van der Waals surface area contributed by atoms with Gasteiger partial charge in [0.2, 0.25) is 0 Å². The fourth-order valence-corrected chi connectivity index (χ4v) is 3.47. The number of amides is 1. The highest BCUT2D eigenvalue weighted by Gasteiger charge is 2.24. The van der Waals surface area contributed by atoms with Crippen molar-refractivity contribution in [2.45, 2.75) is 6.92 Å². The van der Waals surface area contributed by atoms with Crippen LogP contribution in [0.25, 0.3) is 16.9 Å². The Morgan fingerprint density at radius 3 is 2.31 bits per heavy atom. The lowest BCUT2D eigenvalue weighted by atomic mass is 10.1. The third kappa shape index (κ3) is 4.06. The summed E-state index contributed by atoms with van der Waals surface area (Å²) in [6.07, 6.45) is 0. The number of hydrogen-bond donors (Lipinski definition) is 1. The first kappa shape index (κ1) is 20.8. The number of carbonyl (C=O) groups is 1. The highest BCUT2D eigenvalue weighted by atomic mass is 16.6. The van der Waals surface area contributed by atoms with E-state index in [1.165, 1.54) is 25.3 Å². The van der Waals surface area contributed by atoms with E-state index in [4.69, 9.17) is 9.84 Å². The zero-order valence-corrected chi connectivity index (χ0v) is 17.5. The number of ether oxygens (including phenoxy) is 1. The van der Waals surface area contributed by atoms with Gasteiger partial charge in [0.25, 0.3) is 11.6 Å². The fourth-order valence-electron chi connectivity index (χ4n) is 3.47. The van der Waals surface area contributed by atoms with Crippen molar-refractivity contribution < 1.29 is 14.5 Å². The second-order valence-corrected chi connectivity index (χ2v) is 7.05. The van der Waals surface area contributed by atoms with Crippen molar-refractivity contribution in [1.29, 1.82) is 0 Å². The summed E-state index contributed by atoms with van der Waals surface area (Å²) < 4.78 is 6.85. The van der Waals surface area contributed by atoms with Gasteiger partial charge in [-0.1, -0.05) is 48.5 Å². The first-order chi connectivity index (χ1) is 15.5. The molecule has 0 radical (unpaired) electrons. The molecule has 0 saturated heterocycles. The number of nitro benzene ring substituents is 1. The fraction of sp³-hybridized carbons (Fsp3) is 0.0833. The number of nitrogens with zero attached hydrogens (tertiary/aromatic N) is 3. The van der Waals surface area contributed by atoms with Crippen LogP contribution in [0.2, 0.25) is 0 Å². The quantitative estimate of drug-likeness (QED) is 0.343. The molecule has 8 nitrogen and oxygen atoms in total. The Labute approximate surface area is 184 Å². The van der Waals surface area contributed by atoms with Crippen LogP contribution in [0.5, 0.6) is 5.75 Å². The van der Waals surface area contributed by atoms with Gasteiger partial charge in [0.1, 0.15) is 11.4 Å². The van der Waals surface area contributed by atoms with Gasteiger partial charge in [-0.25, -0.2) is 4.68 Å². The number of rotatable bonds is 6. The van der Waals surface area contributed by atoms with Crippen LogP contribution in [-0.4, -0.2) is 27.7 Å². The van der Waals surface area contributed by atoms with Crippen LogP contribution in [0.3, 0.4) is 0 Å². The maximum Gasteiger partial charge on any atom is 0.275 e. The SMILES string of the molecule is COc1cc(NC(=O)c2c(-c3ccccc3)nn(-c3ccccc3)c2C)cc([N+](=O)[O-])c1. The number of carbonyl (C=O) groups excluding carboxylic acids is 1. The molecule has 4 rings (SSSR count). The van der Waals surface area contributed by atoms with Gasteiger partial charge in [-0.15, -0.1) is 0 Å². The molecule has 0 aliphatic carbocycles. The van der Waals surface area contributed by atoms with E-state index in [0.29, 0.717) is 17.0 Å². The summed E-state index contributed by atoms with van der Waals surface area (Å²) in [4.78, 5) is 24.1. The second kappa shape index (κ2) is 8.73. The summed E-state index contributed by atoms with van der Waals surface area (Å²) >= 11 is 0. The smallest absolute Gasteiger partial charge is 0.275 e. The monoisotopic (exact) mass is 428 g/mol. The number of nitrogens with one attached hydrogen (secondary N) is 1. The van der Waals surface area contributed by atoms with Crippen LogP contribution in [0.4, 0.5) is 11.4 Å². The summed E-state index contributed by atoms with van der Waals surface area (Å²) in [7, 11) is 1.41. The molecule has 3 aromatic carbocycles. The van der Waals surface area contributed by atoms with Gasteiger partial charge in [0, 0.05) is 17.7 Å². The summed E-state index contributed by atoms with van der Waals surface area (Å²) in [5.74, 6) is -0.152. The average Bonchev–Trinajstić information content (AvgIpc) is 3.17. The lowest BCUT2D eigenvalue weighted by Crippen LogP contribution is -2.14. The van der Waals surface area contributed by atoms with E-state index >= 15 is 0 Å². The van der Waals surface area contributed by atoms with Gasteiger partial charge < -0.3 is 10.1 Å². The molecular formula is C24H20N4O4. The Bertz CT molecular complexity index is 1280.